The number of fused-ring (bicyclic) bond motifs is 1. The minimum absolute atomic E-state index is 0.0149. The highest BCUT2D eigenvalue weighted by Crippen LogP contribution is 2.41. The van der Waals surface area contributed by atoms with Crippen molar-refractivity contribution < 1.29 is 14.6 Å². The SMILES string of the molecule is O=C(c1cccc(Oc2ccccc2)c1)N1C[C@H]2C[C@@H](n3cccn3)[C@H](O)C[C@H]2C1. The van der Waals surface area contributed by atoms with Crippen molar-refractivity contribution in [1.82, 2.24) is 14.7 Å². The third-order valence-corrected chi connectivity index (χ3v) is 6.32. The van der Waals surface area contributed by atoms with E-state index in [0.717, 1.165) is 18.7 Å². The average Bonchev–Trinajstić information content (AvgIpc) is 3.43. The van der Waals surface area contributed by atoms with Gasteiger partial charge in [0.05, 0.1) is 12.1 Å². The van der Waals surface area contributed by atoms with E-state index in [-0.39, 0.29) is 11.9 Å². The molecule has 0 bridgehead atoms. The number of carbonyl (C=O) groups is 1. The number of aromatic nitrogens is 2. The van der Waals surface area contributed by atoms with Crippen LogP contribution < -0.4 is 4.74 Å². The van der Waals surface area contributed by atoms with Gasteiger partial charge in [-0.05, 0) is 61.1 Å². The molecule has 3 aromatic rings. The molecular weight excluding hydrogens is 378 g/mol. The first kappa shape index (κ1) is 18.9. The van der Waals surface area contributed by atoms with Gasteiger partial charge in [0.1, 0.15) is 11.5 Å². The number of benzene rings is 2. The molecule has 1 N–H and O–H groups in total. The second kappa shape index (κ2) is 7.95. The molecule has 2 heterocycles. The quantitative estimate of drug-likeness (QED) is 0.720. The first-order chi connectivity index (χ1) is 14.7. The van der Waals surface area contributed by atoms with Crippen LogP contribution in [0.3, 0.4) is 0 Å². The molecule has 0 spiro atoms. The molecule has 1 aromatic heterocycles. The zero-order valence-corrected chi connectivity index (χ0v) is 16.7. The molecule has 30 heavy (non-hydrogen) atoms. The summed E-state index contributed by atoms with van der Waals surface area (Å²) in [5.74, 6) is 2.13. The van der Waals surface area contributed by atoms with Crippen molar-refractivity contribution in [3.05, 3.63) is 78.6 Å². The van der Waals surface area contributed by atoms with Crippen LogP contribution in [0.25, 0.3) is 0 Å². The normalized spacial score (nSPS) is 25.7. The summed E-state index contributed by atoms with van der Waals surface area (Å²) in [6, 6.07) is 18.8. The van der Waals surface area contributed by atoms with E-state index in [1.165, 1.54) is 0 Å². The van der Waals surface area contributed by atoms with Crippen LogP contribution in [0.2, 0.25) is 0 Å². The van der Waals surface area contributed by atoms with Crippen LogP contribution in [0, 0.1) is 11.8 Å². The number of carbonyl (C=O) groups excluding carboxylic acids is 1. The van der Waals surface area contributed by atoms with E-state index < -0.39 is 6.10 Å². The van der Waals surface area contributed by atoms with Gasteiger partial charge in [0.25, 0.3) is 5.91 Å². The third kappa shape index (κ3) is 3.71. The van der Waals surface area contributed by atoms with E-state index in [0.29, 0.717) is 36.1 Å². The Morgan fingerprint density at radius 3 is 2.50 bits per heavy atom. The maximum atomic E-state index is 13.2. The lowest BCUT2D eigenvalue weighted by atomic mass is 9.77. The molecule has 1 saturated heterocycles. The van der Waals surface area contributed by atoms with Crippen LogP contribution in [-0.4, -0.2) is 44.9 Å². The lowest BCUT2D eigenvalue weighted by Crippen LogP contribution is -2.36. The van der Waals surface area contributed by atoms with Gasteiger partial charge in [0, 0.05) is 31.0 Å². The molecule has 2 aromatic carbocycles. The molecule has 1 aliphatic heterocycles. The van der Waals surface area contributed by atoms with E-state index in [9.17, 15) is 9.90 Å². The zero-order chi connectivity index (χ0) is 20.5. The third-order valence-electron chi connectivity index (χ3n) is 6.32. The van der Waals surface area contributed by atoms with Crippen LogP contribution in [-0.2, 0) is 0 Å². The minimum atomic E-state index is -0.427. The first-order valence-corrected chi connectivity index (χ1v) is 10.5. The highest BCUT2D eigenvalue weighted by atomic mass is 16.5. The number of hydrogen-bond acceptors (Lipinski definition) is 4. The number of aliphatic hydroxyl groups is 1. The van der Waals surface area contributed by atoms with Crippen LogP contribution in [0.1, 0.15) is 29.2 Å². The topological polar surface area (TPSA) is 67.6 Å². The maximum absolute atomic E-state index is 13.2. The fraction of sp³-hybridized carbons (Fsp3) is 0.333. The Labute approximate surface area is 175 Å². The Morgan fingerprint density at radius 2 is 1.73 bits per heavy atom. The zero-order valence-electron chi connectivity index (χ0n) is 16.7. The van der Waals surface area contributed by atoms with Gasteiger partial charge in [0.2, 0.25) is 0 Å². The molecule has 0 unspecified atom stereocenters. The first-order valence-electron chi connectivity index (χ1n) is 10.5. The van der Waals surface area contributed by atoms with Crippen molar-refractivity contribution in [2.24, 2.45) is 11.8 Å². The standard InChI is InChI=1S/C24H25N3O3/c28-23-14-19-16-26(15-18(19)13-22(23)27-11-5-10-25-27)24(29)17-6-4-9-21(12-17)30-20-7-2-1-3-8-20/h1-12,18-19,22-23,28H,13-16H2/t18-,19+,22-,23-/m1/s1. The summed E-state index contributed by atoms with van der Waals surface area (Å²) in [7, 11) is 0. The fourth-order valence-electron chi connectivity index (χ4n) is 4.83. The predicted octanol–water partition coefficient (Wildman–Crippen LogP) is 3.76. The largest absolute Gasteiger partial charge is 0.457 e. The summed E-state index contributed by atoms with van der Waals surface area (Å²) in [5, 5.41) is 14.9. The molecule has 4 atom stereocenters. The van der Waals surface area contributed by atoms with E-state index in [1.54, 1.807) is 12.3 Å². The summed E-state index contributed by atoms with van der Waals surface area (Å²) in [5.41, 5.74) is 0.631. The van der Waals surface area contributed by atoms with E-state index in [4.69, 9.17) is 4.74 Å². The van der Waals surface area contributed by atoms with Gasteiger partial charge in [-0.3, -0.25) is 9.48 Å². The van der Waals surface area contributed by atoms with Gasteiger partial charge in [-0.15, -0.1) is 0 Å². The Kier molecular flexibility index (Phi) is 5.01. The maximum Gasteiger partial charge on any atom is 0.254 e. The van der Waals surface area contributed by atoms with Crippen molar-refractivity contribution in [3.63, 3.8) is 0 Å². The summed E-state index contributed by atoms with van der Waals surface area (Å²) in [6.45, 7) is 1.41. The predicted molar refractivity (Wildman–Crippen MR) is 112 cm³/mol. The Bertz CT molecular complexity index is 1010. The van der Waals surface area contributed by atoms with Crippen LogP contribution in [0.15, 0.2) is 73.1 Å². The summed E-state index contributed by atoms with van der Waals surface area (Å²) in [4.78, 5) is 15.1. The van der Waals surface area contributed by atoms with Gasteiger partial charge in [-0.25, -0.2) is 0 Å². The molecule has 2 aliphatic rings. The fourth-order valence-corrected chi connectivity index (χ4v) is 4.83. The number of para-hydroxylation sites is 1. The molecule has 0 radical (unpaired) electrons. The molecular formula is C24H25N3O3. The lowest BCUT2D eigenvalue weighted by Gasteiger charge is -2.35. The van der Waals surface area contributed by atoms with Crippen LogP contribution in [0.4, 0.5) is 0 Å². The highest BCUT2D eigenvalue weighted by molar-refractivity contribution is 5.94. The molecule has 1 amide bonds. The number of hydrogen-bond donors (Lipinski definition) is 1. The van der Waals surface area contributed by atoms with Gasteiger partial charge >= 0.3 is 0 Å². The van der Waals surface area contributed by atoms with Crippen molar-refractivity contribution in [1.29, 1.82) is 0 Å². The van der Waals surface area contributed by atoms with Gasteiger partial charge in [-0.1, -0.05) is 24.3 Å². The average molecular weight is 403 g/mol. The van der Waals surface area contributed by atoms with Gasteiger partial charge < -0.3 is 14.7 Å². The number of aliphatic hydroxyl groups excluding tert-OH is 1. The Morgan fingerprint density at radius 1 is 0.967 bits per heavy atom. The van der Waals surface area contributed by atoms with E-state index in [2.05, 4.69) is 5.10 Å². The van der Waals surface area contributed by atoms with Crippen molar-refractivity contribution in [2.45, 2.75) is 25.0 Å². The minimum Gasteiger partial charge on any atom is -0.457 e. The van der Waals surface area contributed by atoms with Crippen molar-refractivity contribution in [2.75, 3.05) is 13.1 Å². The smallest absolute Gasteiger partial charge is 0.254 e. The highest BCUT2D eigenvalue weighted by Gasteiger charge is 2.43. The van der Waals surface area contributed by atoms with E-state index >= 15 is 0 Å². The second-order valence-electron chi connectivity index (χ2n) is 8.27. The van der Waals surface area contributed by atoms with Crippen LogP contribution in [0.5, 0.6) is 11.5 Å². The van der Waals surface area contributed by atoms with Crippen LogP contribution >= 0.6 is 0 Å². The monoisotopic (exact) mass is 403 g/mol. The second-order valence-corrected chi connectivity index (χ2v) is 8.27. The molecule has 6 heteroatoms. The molecule has 1 aliphatic carbocycles. The summed E-state index contributed by atoms with van der Waals surface area (Å²) in [6.07, 6.45) is 4.77. The summed E-state index contributed by atoms with van der Waals surface area (Å²) >= 11 is 0. The lowest BCUT2D eigenvalue weighted by molar-refractivity contribution is 0.0306. The van der Waals surface area contributed by atoms with Gasteiger partial charge in [-0.2, -0.15) is 5.10 Å². The molecule has 6 nitrogen and oxygen atoms in total. The molecule has 1 saturated carbocycles. The molecule has 154 valence electrons. The molecule has 2 fully saturated rings. The summed E-state index contributed by atoms with van der Waals surface area (Å²) < 4.78 is 7.74. The number of likely N-dealkylation sites (tertiary alicyclic amines) is 1. The van der Waals surface area contributed by atoms with E-state index in [1.807, 2.05) is 70.4 Å². The number of ether oxygens (including phenoxy) is 1. The van der Waals surface area contributed by atoms with Gasteiger partial charge in [0.15, 0.2) is 0 Å². The Hall–Kier alpha value is -3.12. The number of nitrogens with zero attached hydrogens (tertiary/aromatic N) is 3. The Balaban J connectivity index is 1.28. The van der Waals surface area contributed by atoms with Crippen molar-refractivity contribution >= 4 is 5.91 Å². The number of rotatable bonds is 4. The van der Waals surface area contributed by atoms with Crippen molar-refractivity contribution in [3.8, 4) is 11.5 Å². The number of amides is 1. The molecule has 5 rings (SSSR count).